The van der Waals surface area contributed by atoms with E-state index in [0.29, 0.717) is 11.5 Å². The summed E-state index contributed by atoms with van der Waals surface area (Å²) in [6.45, 7) is 2.01. The molecule has 0 amide bonds. The fraction of sp³-hybridized carbons (Fsp3) is 0.167. The van der Waals surface area contributed by atoms with Gasteiger partial charge in [-0.3, -0.25) is 4.98 Å². The van der Waals surface area contributed by atoms with Crippen LogP contribution in [0.3, 0.4) is 0 Å². The molecule has 0 aromatic carbocycles. The number of rotatable bonds is 3. The molecule has 0 bridgehead atoms. The van der Waals surface area contributed by atoms with Crippen molar-refractivity contribution in [2.24, 2.45) is 0 Å². The summed E-state index contributed by atoms with van der Waals surface area (Å²) in [5.74, 6) is 0.639. The lowest BCUT2D eigenvalue weighted by Gasteiger charge is -2.13. The number of hydrogen-bond acceptors (Lipinski definition) is 5. The van der Waals surface area contributed by atoms with Crippen LogP contribution in [0, 0.1) is 11.3 Å². The summed E-state index contributed by atoms with van der Waals surface area (Å²) in [4.78, 5) is 12.1. The lowest BCUT2D eigenvalue weighted by molar-refractivity contribution is 0.863. The maximum absolute atomic E-state index is 8.61. The van der Waals surface area contributed by atoms with Gasteiger partial charge in [0.2, 0.25) is 0 Å². The molecular formula is C12H11N5. The molecule has 5 heteroatoms. The molecule has 1 atom stereocenters. The van der Waals surface area contributed by atoms with Crippen LogP contribution in [0.2, 0.25) is 0 Å². The van der Waals surface area contributed by atoms with Gasteiger partial charge < -0.3 is 5.32 Å². The molecule has 84 valence electrons. The Balaban J connectivity index is 2.08. The number of nitrogens with zero attached hydrogens (tertiary/aromatic N) is 4. The predicted octanol–water partition coefficient (Wildman–Crippen LogP) is 1.92. The Kier molecular flexibility index (Phi) is 3.26. The van der Waals surface area contributed by atoms with Crippen LogP contribution in [0.5, 0.6) is 0 Å². The first-order valence-electron chi connectivity index (χ1n) is 5.18. The number of nitriles is 1. The minimum Gasteiger partial charge on any atom is -0.362 e. The zero-order valence-corrected chi connectivity index (χ0v) is 9.33. The van der Waals surface area contributed by atoms with Crippen molar-refractivity contribution in [1.82, 2.24) is 15.0 Å². The molecule has 0 spiro atoms. The molecule has 2 rings (SSSR count). The Morgan fingerprint density at radius 1 is 1.29 bits per heavy atom. The number of anilines is 1. The monoisotopic (exact) mass is 225 g/mol. The van der Waals surface area contributed by atoms with Gasteiger partial charge in [-0.15, -0.1) is 0 Å². The van der Waals surface area contributed by atoms with Crippen molar-refractivity contribution in [3.63, 3.8) is 0 Å². The van der Waals surface area contributed by atoms with Crippen molar-refractivity contribution in [2.45, 2.75) is 13.0 Å². The smallest absolute Gasteiger partial charge is 0.158 e. The Morgan fingerprint density at radius 3 is 2.76 bits per heavy atom. The lowest BCUT2D eigenvalue weighted by Crippen LogP contribution is -2.08. The standard InChI is InChI=1S/C12H11N5/c1-9(10-3-2-4-14-6-10)17-12-8-15-11(5-13)7-16-12/h2-4,6-9H,1H3,(H,16,17). The molecular weight excluding hydrogens is 214 g/mol. The van der Waals surface area contributed by atoms with E-state index in [1.807, 2.05) is 25.1 Å². The highest BCUT2D eigenvalue weighted by atomic mass is 15.0. The van der Waals surface area contributed by atoms with Gasteiger partial charge in [-0.1, -0.05) is 6.07 Å². The maximum Gasteiger partial charge on any atom is 0.158 e. The second kappa shape index (κ2) is 5.03. The summed E-state index contributed by atoms with van der Waals surface area (Å²) in [5, 5.41) is 11.8. The predicted molar refractivity (Wildman–Crippen MR) is 63.0 cm³/mol. The molecule has 0 saturated carbocycles. The molecule has 0 fully saturated rings. The second-order valence-electron chi connectivity index (χ2n) is 3.55. The molecule has 1 N–H and O–H groups in total. The van der Waals surface area contributed by atoms with E-state index in [4.69, 9.17) is 5.26 Å². The highest BCUT2D eigenvalue weighted by molar-refractivity contribution is 5.36. The number of pyridine rings is 1. The summed E-state index contributed by atoms with van der Waals surface area (Å²) >= 11 is 0. The van der Waals surface area contributed by atoms with Gasteiger partial charge in [-0.05, 0) is 18.6 Å². The molecule has 0 radical (unpaired) electrons. The van der Waals surface area contributed by atoms with Crippen molar-refractivity contribution >= 4 is 5.82 Å². The van der Waals surface area contributed by atoms with Crippen LogP contribution in [-0.2, 0) is 0 Å². The minimum absolute atomic E-state index is 0.0888. The summed E-state index contributed by atoms with van der Waals surface area (Å²) in [7, 11) is 0. The van der Waals surface area contributed by atoms with E-state index in [1.165, 1.54) is 6.20 Å². The van der Waals surface area contributed by atoms with E-state index in [1.54, 1.807) is 18.6 Å². The van der Waals surface area contributed by atoms with Crippen LogP contribution >= 0.6 is 0 Å². The maximum atomic E-state index is 8.61. The van der Waals surface area contributed by atoms with Crippen molar-refractivity contribution in [3.8, 4) is 6.07 Å². The molecule has 2 aromatic rings. The minimum atomic E-state index is 0.0888. The highest BCUT2D eigenvalue weighted by Gasteiger charge is 2.05. The molecule has 1 unspecified atom stereocenters. The van der Waals surface area contributed by atoms with Gasteiger partial charge in [-0.2, -0.15) is 5.26 Å². The van der Waals surface area contributed by atoms with Gasteiger partial charge in [-0.25, -0.2) is 9.97 Å². The van der Waals surface area contributed by atoms with E-state index in [0.717, 1.165) is 5.56 Å². The van der Waals surface area contributed by atoms with Gasteiger partial charge in [0.1, 0.15) is 11.9 Å². The second-order valence-corrected chi connectivity index (χ2v) is 3.55. The molecule has 2 aromatic heterocycles. The fourth-order valence-electron chi connectivity index (χ4n) is 1.40. The van der Waals surface area contributed by atoms with Gasteiger partial charge in [0.25, 0.3) is 0 Å². The zero-order chi connectivity index (χ0) is 12.1. The summed E-state index contributed by atoms with van der Waals surface area (Å²) in [6.07, 6.45) is 6.52. The molecule has 5 nitrogen and oxygen atoms in total. The number of aromatic nitrogens is 3. The van der Waals surface area contributed by atoms with E-state index >= 15 is 0 Å². The van der Waals surface area contributed by atoms with Crippen LogP contribution in [0.15, 0.2) is 36.9 Å². The van der Waals surface area contributed by atoms with Crippen LogP contribution < -0.4 is 5.32 Å². The van der Waals surface area contributed by atoms with Gasteiger partial charge in [0.15, 0.2) is 5.69 Å². The molecule has 17 heavy (non-hydrogen) atoms. The topological polar surface area (TPSA) is 74.5 Å². The first-order valence-corrected chi connectivity index (χ1v) is 5.18. The average Bonchev–Trinajstić information content (AvgIpc) is 2.40. The molecule has 0 saturated heterocycles. The highest BCUT2D eigenvalue weighted by Crippen LogP contribution is 2.15. The molecule has 0 aliphatic rings. The molecule has 0 aliphatic heterocycles. The van der Waals surface area contributed by atoms with Crippen LogP contribution in [0.4, 0.5) is 5.82 Å². The van der Waals surface area contributed by atoms with Crippen molar-refractivity contribution in [3.05, 3.63) is 48.2 Å². The summed E-state index contributed by atoms with van der Waals surface area (Å²) < 4.78 is 0. The van der Waals surface area contributed by atoms with Gasteiger partial charge in [0.05, 0.1) is 18.4 Å². The van der Waals surface area contributed by atoms with Crippen LogP contribution in [0.25, 0.3) is 0 Å². The third-order valence-electron chi connectivity index (χ3n) is 2.32. The lowest BCUT2D eigenvalue weighted by atomic mass is 10.1. The van der Waals surface area contributed by atoms with Gasteiger partial charge in [0, 0.05) is 12.4 Å². The van der Waals surface area contributed by atoms with E-state index in [-0.39, 0.29) is 6.04 Å². The normalized spacial score (nSPS) is 11.5. The Hall–Kier alpha value is -2.48. The van der Waals surface area contributed by atoms with Crippen molar-refractivity contribution < 1.29 is 0 Å². The number of hydrogen-bond donors (Lipinski definition) is 1. The average molecular weight is 225 g/mol. The summed E-state index contributed by atoms with van der Waals surface area (Å²) in [6, 6.07) is 5.89. The first-order chi connectivity index (χ1) is 8.29. The van der Waals surface area contributed by atoms with Gasteiger partial charge >= 0.3 is 0 Å². The van der Waals surface area contributed by atoms with E-state index in [9.17, 15) is 0 Å². The Morgan fingerprint density at radius 2 is 2.18 bits per heavy atom. The van der Waals surface area contributed by atoms with E-state index < -0.39 is 0 Å². The summed E-state index contributed by atoms with van der Waals surface area (Å²) in [5.41, 5.74) is 1.38. The quantitative estimate of drug-likeness (QED) is 0.863. The van der Waals surface area contributed by atoms with Crippen molar-refractivity contribution in [2.75, 3.05) is 5.32 Å². The number of nitrogens with one attached hydrogen (secondary N) is 1. The third kappa shape index (κ3) is 2.75. The molecule has 2 heterocycles. The fourth-order valence-corrected chi connectivity index (χ4v) is 1.40. The van der Waals surface area contributed by atoms with Crippen LogP contribution in [0.1, 0.15) is 24.2 Å². The SMILES string of the molecule is CC(Nc1cnc(C#N)cn1)c1cccnc1. The Bertz CT molecular complexity index is 515. The largest absolute Gasteiger partial charge is 0.362 e. The Labute approximate surface area is 99.2 Å². The van der Waals surface area contributed by atoms with Crippen molar-refractivity contribution in [1.29, 1.82) is 5.26 Å². The van der Waals surface area contributed by atoms with Crippen LogP contribution in [-0.4, -0.2) is 15.0 Å². The zero-order valence-electron chi connectivity index (χ0n) is 9.33. The third-order valence-corrected chi connectivity index (χ3v) is 2.32. The molecule has 0 aliphatic carbocycles. The first kappa shape index (κ1) is 11.0. The van der Waals surface area contributed by atoms with E-state index in [2.05, 4.69) is 20.3 Å².